The number of amides is 1. The van der Waals surface area contributed by atoms with Crippen LogP contribution in [-0.4, -0.2) is 26.4 Å². The number of carbonyl (C=O) groups excluding carboxylic acids is 1. The molecular formula is C24H31N5OS2. The second kappa shape index (κ2) is 11.2. The van der Waals surface area contributed by atoms with Crippen LogP contribution in [0.1, 0.15) is 73.2 Å². The minimum Gasteiger partial charge on any atom is -0.316 e. The highest BCUT2D eigenvalue weighted by Crippen LogP contribution is 2.37. The molecule has 6 nitrogen and oxygen atoms in total. The lowest BCUT2D eigenvalue weighted by Crippen LogP contribution is -2.15. The fourth-order valence-corrected chi connectivity index (χ4v) is 6.80. The summed E-state index contributed by atoms with van der Waals surface area (Å²) in [4.78, 5) is 14.0. The lowest BCUT2D eigenvalue weighted by Gasteiger charge is -2.21. The normalized spacial score (nSPS) is 16.7. The summed E-state index contributed by atoms with van der Waals surface area (Å²) in [5.74, 6) is 1.81. The van der Waals surface area contributed by atoms with E-state index in [1.54, 1.807) is 11.3 Å². The molecule has 0 aliphatic heterocycles. The van der Waals surface area contributed by atoms with E-state index in [-0.39, 0.29) is 11.7 Å². The van der Waals surface area contributed by atoms with Gasteiger partial charge in [-0.05, 0) is 37.2 Å². The van der Waals surface area contributed by atoms with Crippen molar-refractivity contribution in [2.75, 3.05) is 11.1 Å². The zero-order valence-electron chi connectivity index (χ0n) is 18.6. The van der Waals surface area contributed by atoms with Crippen LogP contribution in [0.25, 0.3) is 0 Å². The van der Waals surface area contributed by atoms with Crippen molar-refractivity contribution in [2.24, 2.45) is 5.92 Å². The molecule has 0 radical (unpaired) electrons. The maximum absolute atomic E-state index is 12.7. The van der Waals surface area contributed by atoms with Crippen LogP contribution in [0.2, 0.25) is 0 Å². The van der Waals surface area contributed by atoms with Crippen molar-refractivity contribution in [3.05, 3.63) is 34.5 Å². The molecule has 4 rings (SSSR count). The summed E-state index contributed by atoms with van der Waals surface area (Å²) < 4.78 is 2.09. The predicted molar refractivity (Wildman–Crippen MR) is 130 cm³/mol. The molecule has 2 heterocycles. The van der Waals surface area contributed by atoms with Crippen molar-refractivity contribution in [2.45, 2.75) is 82.3 Å². The molecule has 32 heavy (non-hydrogen) atoms. The van der Waals surface area contributed by atoms with Crippen molar-refractivity contribution in [1.29, 1.82) is 5.26 Å². The van der Waals surface area contributed by atoms with Crippen molar-refractivity contribution >= 4 is 34.0 Å². The molecule has 2 aromatic rings. The molecule has 1 saturated carbocycles. The standard InChI is InChI=1S/C24H31N5OS2/c1-2-13-29-21(14-17-9-5-3-6-10-17)27-28-24(29)31-16-22(30)26-23-19(15-25)18-11-7-4-8-12-20(18)32-23/h2,17H,1,3-14,16H2,(H,26,30). The Kier molecular flexibility index (Phi) is 8.04. The van der Waals surface area contributed by atoms with Crippen molar-refractivity contribution < 1.29 is 4.79 Å². The van der Waals surface area contributed by atoms with E-state index in [1.807, 2.05) is 6.08 Å². The summed E-state index contributed by atoms with van der Waals surface area (Å²) in [6, 6.07) is 2.33. The first-order valence-corrected chi connectivity index (χ1v) is 13.5. The van der Waals surface area contributed by atoms with Gasteiger partial charge in [0.1, 0.15) is 16.9 Å². The average Bonchev–Trinajstić information content (AvgIpc) is 3.24. The number of anilines is 1. The minimum absolute atomic E-state index is 0.107. The molecule has 1 N–H and O–H groups in total. The second-order valence-corrected chi connectivity index (χ2v) is 10.8. The van der Waals surface area contributed by atoms with E-state index in [4.69, 9.17) is 0 Å². The average molecular weight is 470 g/mol. The number of nitriles is 1. The number of rotatable bonds is 8. The molecular weight excluding hydrogens is 438 g/mol. The van der Waals surface area contributed by atoms with Crippen molar-refractivity contribution in [1.82, 2.24) is 14.8 Å². The monoisotopic (exact) mass is 469 g/mol. The Morgan fingerprint density at radius 2 is 2.00 bits per heavy atom. The Morgan fingerprint density at radius 3 is 2.78 bits per heavy atom. The number of hydrogen-bond acceptors (Lipinski definition) is 6. The minimum atomic E-state index is -0.107. The smallest absolute Gasteiger partial charge is 0.235 e. The van der Waals surface area contributed by atoms with E-state index in [9.17, 15) is 10.1 Å². The molecule has 2 aliphatic rings. The molecule has 2 aromatic heterocycles. The summed E-state index contributed by atoms with van der Waals surface area (Å²) >= 11 is 2.97. The summed E-state index contributed by atoms with van der Waals surface area (Å²) in [5.41, 5.74) is 1.81. The third-order valence-corrected chi connectivity index (χ3v) is 8.59. The Morgan fingerprint density at radius 1 is 1.22 bits per heavy atom. The zero-order chi connectivity index (χ0) is 22.3. The first-order chi connectivity index (χ1) is 15.7. The zero-order valence-corrected chi connectivity index (χ0v) is 20.2. The SMILES string of the molecule is C=CCn1c(CC2CCCCC2)nnc1SCC(=O)Nc1sc2c(c1C#N)CCCCC2. The van der Waals surface area contributed by atoms with E-state index < -0.39 is 0 Å². The third kappa shape index (κ3) is 5.44. The van der Waals surface area contributed by atoms with Gasteiger partial charge in [0, 0.05) is 17.8 Å². The third-order valence-electron chi connectivity index (χ3n) is 6.42. The molecule has 1 fully saturated rings. The number of hydrogen-bond donors (Lipinski definition) is 1. The number of fused-ring (bicyclic) bond motifs is 1. The van der Waals surface area contributed by atoms with Crippen LogP contribution >= 0.6 is 23.1 Å². The molecule has 0 aromatic carbocycles. The van der Waals surface area contributed by atoms with Crippen molar-refractivity contribution in [3.63, 3.8) is 0 Å². The van der Waals surface area contributed by atoms with Gasteiger partial charge in [-0.2, -0.15) is 5.26 Å². The summed E-state index contributed by atoms with van der Waals surface area (Å²) in [6.07, 6.45) is 14.7. The van der Waals surface area contributed by atoms with Crippen LogP contribution in [-0.2, 0) is 30.6 Å². The highest BCUT2D eigenvalue weighted by molar-refractivity contribution is 7.99. The van der Waals surface area contributed by atoms with Gasteiger partial charge >= 0.3 is 0 Å². The van der Waals surface area contributed by atoms with Crippen LogP contribution < -0.4 is 5.32 Å². The molecule has 2 aliphatic carbocycles. The predicted octanol–water partition coefficient (Wildman–Crippen LogP) is 5.52. The topological polar surface area (TPSA) is 83.6 Å². The number of nitrogens with zero attached hydrogens (tertiary/aromatic N) is 4. The molecule has 0 spiro atoms. The van der Waals surface area contributed by atoms with E-state index in [0.717, 1.165) is 48.6 Å². The lowest BCUT2D eigenvalue weighted by atomic mass is 9.87. The maximum atomic E-state index is 12.7. The Bertz CT molecular complexity index is 997. The summed E-state index contributed by atoms with van der Waals surface area (Å²) in [5, 5.41) is 22.9. The van der Waals surface area contributed by atoms with Gasteiger partial charge in [0.25, 0.3) is 0 Å². The molecule has 0 unspecified atom stereocenters. The number of carbonyl (C=O) groups is 1. The number of aryl methyl sites for hydroxylation is 1. The first kappa shape index (κ1) is 23.1. The van der Waals surface area contributed by atoms with Gasteiger partial charge < -0.3 is 9.88 Å². The van der Waals surface area contributed by atoms with Gasteiger partial charge in [-0.25, -0.2) is 0 Å². The number of aromatic nitrogens is 3. The highest BCUT2D eigenvalue weighted by Gasteiger charge is 2.22. The van der Waals surface area contributed by atoms with Gasteiger partial charge in [-0.1, -0.05) is 56.4 Å². The molecule has 0 saturated heterocycles. The first-order valence-electron chi connectivity index (χ1n) is 11.7. The van der Waals surface area contributed by atoms with Crippen LogP contribution in [0, 0.1) is 17.2 Å². The quantitative estimate of drug-likeness (QED) is 0.313. The van der Waals surface area contributed by atoms with Gasteiger partial charge in [-0.15, -0.1) is 28.1 Å². The largest absolute Gasteiger partial charge is 0.316 e. The second-order valence-electron chi connectivity index (χ2n) is 8.72. The number of thioether (sulfide) groups is 1. The van der Waals surface area contributed by atoms with E-state index in [1.165, 1.54) is 55.2 Å². The molecule has 8 heteroatoms. The Balaban J connectivity index is 1.40. The fourth-order valence-electron chi connectivity index (χ4n) is 4.78. The van der Waals surface area contributed by atoms with Gasteiger partial charge in [0.15, 0.2) is 5.16 Å². The molecule has 1 amide bonds. The number of thiophene rings is 1. The summed E-state index contributed by atoms with van der Waals surface area (Å²) in [6.45, 7) is 4.53. The van der Waals surface area contributed by atoms with Crippen LogP contribution in [0.3, 0.4) is 0 Å². The molecule has 170 valence electrons. The van der Waals surface area contributed by atoms with Crippen LogP contribution in [0.15, 0.2) is 17.8 Å². The van der Waals surface area contributed by atoms with Crippen LogP contribution in [0.5, 0.6) is 0 Å². The van der Waals surface area contributed by atoms with E-state index in [2.05, 4.69) is 32.7 Å². The van der Waals surface area contributed by atoms with E-state index >= 15 is 0 Å². The van der Waals surface area contributed by atoms with E-state index in [0.29, 0.717) is 23.0 Å². The van der Waals surface area contributed by atoms with Gasteiger partial charge in [0.05, 0.1) is 11.3 Å². The van der Waals surface area contributed by atoms with Crippen molar-refractivity contribution in [3.8, 4) is 6.07 Å². The lowest BCUT2D eigenvalue weighted by molar-refractivity contribution is -0.113. The molecule has 0 bridgehead atoms. The van der Waals surface area contributed by atoms with Gasteiger partial charge in [-0.3, -0.25) is 4.79 Å². The van der Waals surface area contributed by atoms with Crippen LogP contribution in [0.4, 0.5) is 5.00 Å². The summed E-state index contributed by atoms with van der Waals surface area (Å²) in [7, 11) is 0. The highest BCUT2D eigenvalue weighted by atomic mass is 32.2. The fraction of sp³-hybridized carbons (Fsp3) is 0.583. The number of nitrogens with one attached hydrogen (secondary N) is 1. The Labute approximate surface area is 198 Å². The van der Waals surface area contributed by atoms with Gasteiger partial charge in [0.2, 0.25) is 5.91 Å². The molecule has 0 atom stereocenters. The maximum Gasteiger partial charge on any atom is 0.235 e. The number of allylic oxidation sites excluding steroid dienone is 1. The Hall–Kier alpha value is -2.11.